The average molecular weight is 330 g/mol. The molecule has 1 heterocycles. The van der Waals surface area contributed by atoms with Crippen molar-refractivity contribution in [3.8, 4) is 0 Å². The van der Waals surface area contributed by atoms with Crippen LogP contribution in [0.2, 0.25) is 0 Å². The molecule has 4 nitrogen and oxygen atoms in total. The summed E-state index contributed by atoms with van der Waals surface area (Å²) in [5.41, 5.74) is 1.09. The van der Waals surface area contributed by atoms with Gasteiger partial charge in [0, 0.05) is 18.0 Å². The van der Waals surface area contributed by atoms with Crippen molar-refractivity contribution < 1.29 is 9.59 Å². The molecule has 0 fully saturated rings. The van der Waals surface area contributed by atoms with E-state index in [2.05, 4.69) is 5.32 Å². The van der Waals surface area contributed by atoms with Crippen LogP contribution < -0.4 is 5.32 Å². The summed E-state index contributed by atoms with van der Waals surface area (Å²) in [6, 6.07) is 13.6. The third-order valence-corrected chi connectivity index (χ3v) is 4.43. The van der Waals surface area contributed by atoms with Crippen molar-refractivity contribution in [3.63, 3.8) is 0 Å². The molecular formula is C18H22N2O2S. The summed E-state index contributed by atoms with van der Waals surface area (Å²) in [7, 11) is 0. The molecule has 1 N–H and O–H groups in total. The first-order chi connectivity index (χ1) is 11.1. The Morgan fingerprint density at radius 1 is 1.13 bits per heavy atom. The number of aryl methyl sites for hydroxylation is 1. The van der Waals surface area contributed by atoms with Crippen LogP contribution in [0, 0.1) is 6.92 Å². The van der Waals surface area contributed by atoms with Gasteiger partial charge in [-0.2, -0.15) is 0 Å². The minimum absolute atomic E-state index is 0.0304. The summed E-state index contributed by atoms with van der Waals surface area (Å²) >= 11 is 1.43. The van der Waals surface area contributed by atoms with Gasteiger partial charge in [-0.05, 0) is 31.0 Å². The summed E-state index contributed by atoms with van der Waals surface area (Å²) in [4.78, 5) is 27.9. The molecule has 122 valence electrons. The Kier molecular flexibility index (Phi) is 6.35. The first-order valence-corrected chi connectivity index (χ1v) is 8.58. The van der Waals surface area contributed by atoms with Gasteiger partial charge in [0.05, 0.1) is 11.4 Å². The van der Waals surface area contributed by atoms with Gasteiger partial charge in [0.2, 0.25) is 5.91 Å². The van der Waals surface area contributed by atoms with E-state index in [-0.39, 0.29) is 18.4 Å². The number of hydrogen-bond acceptors (Lipinski definition) is 3. The lowest BCUT2D eigenvalue weighted by Gasteiger charge is -2.22. The van der Waals surface area contributed by atoms with Crippen molar-refractivity contribution in [1.29, 1.82) is 0 Å². The van der Waals surface area contributed by atoms with Crippen LogP contribution in [0.25, 0.3) is 0 Å². The molecule has 2 amide bonds. The third-order valence-electron chi connectivity index (χ3n) is 3.43. The molecule has 1 aromatic heterocycles. The first-order valence-electron chi connectivity index (χ1n) is 7.76. The minimum atomic E-state index is -0.187. The van der Waals surface area contributed by atoms with E-state index in [4.69, 9.17) is 0 Å². The second kappa shape index (κ2) is 8.48. The number of benzene rings is 1. The quantitative estimate of drug-likeness (QED) is 0.847. The first kappa shape index (κ1) is 17.2. The fourth-order valence-corrected chi connectivity index (χ4v) is 3.06. The Hall–Kier alpha value is -2.14. The maximum Gasteiger partial charge on any atom is 0.261 e. The molecule has 23 heavy (non-hydrogen) atoms. The average Bonchev–Trinajstić information content (AvgIpc) is 2.99. The molecule has 0 saturated heterocycles. The Bertz CT molecular complexity index is 652. The van der Waals surface area contributed by atoms with Crippen LogP contribution in [0.3, 0.4) is 0 Å². The normalized spacial score (nSPS) is 10.3. The van der Waals surface area contributed by atoms with Crippen LogP contribution in [0.5, 0.6) is 0 Å². The lowest BCUT2D eigenvalue weighted by Crippen LogP contribution is -2.40. The maximum atomic E-state index is 12.4. The number of thiophene rings is 1. The van der Waals surface area contributed by atoms with Crippen molar-refractivity contribution in [2.24, 2.45) is 0 Å². The van der Waals surface area contributed by atoms with Crippen LogP contribution in [0.15, 0.2) is 42.5 Å². The van der Waals surface area contributed by atoms with Gasteiger partial charge in [-0.1, -0.05) is 37.3 Å². The molecule has 0 spiro atoms. The summed E-state index contributed by atoms with van der Waals surface area (Å²) in [6.45, 7) is 5.28. The summed E-state index contributed by atoms with van der Waals surface area (Å²) in [5, 5.41) is 2.72. The number of rotatable bonds is 7. The smallest absolute Gasteiger partial charge is 0.261 e. The highest BCUT2D eigenvalue weighted by Crippen LogP contribution is 2.14. The van der Waals surface area contributed by atoms with Gasteiger partial charge in [0.15, 0.2) is 0 Å². The standard InChI is InChI=1S/C18H22N2O2S/c1-3-11-20(13-15-7-5-4-6-8-15)17(21)12-19-18(22)16-10-9-14(2)23-16/h4-10H,3,11-13H2,1-2H3,(H,19,22). The summed E-state index contributed by atoms with van der Waals surface area (Å²) in [6.07, 6.45) is 0.886. The number of carbonyl (C=O) groups is 2. The Morgan fingerprint density at radius 2 is 1.87 bits per heavy atom. The van der Waals surface area contributed by atoms with Crippen molar-refractivity contribution in [2.45, 2.75) is 26.8 Å². The Labute approximate surface area is 141 Å². The lowest BCUT2D eigenvalue weighted by atomic mass is 10.2. The molecule has 0 aliphatic heterocycles. The molecule has 0 atom stereocenters. The zero-order valence-electron chi connectivity index (χ0n) is 13.5. The number of amides is 2. The van der Waals surface area contributed by atoms with E-state index >= 15 is 0 Å². The Morgan fingerprint density at radius 3 is 2.48 bits per heavy atom. The monoisotopic (exact) mass is 330 g/mol. The SMILES string of the molecule is CCCN(Cc1ccccc1)C(=O)CNC(=O)c1ccc(C)s1. The zero-order valence-corrected chi connectivity index (χ0v) is 14.4. The van der Waals surface area contributed by atoms with Crippen molar-refractivity contribution in [1.82, 2.24) is 10.2 Å². The molecule has 0 saturated carbocycles. The van der Waals surface area contributed by atoms with Crippen molar-refractivity contribution in [3.05, 3.63) is 57.8 Å². The van der Waals surface area contributed by atoms with Gasteiger partial charge in [0.1, 0.15) is 0 Å². The number of nitrogens with zero attached hydrogens (tertiary/aromatic N) is 1. The molecule has 0 unspecified atom stereocenters. The third kappa shape index (κ3) is 5.21. The van der Waals surface area contributed by atoms with E-state index in [0.717, 1.165) is 16.9 Å². The molecule has 0 bridgehead atoms. The van der Waals surface area contributed by atoms with Gasteiger partial charge >= 0.3 is 0 Å². The molecule has 0 radical (unpaired) electrons. The van der Waals surface area contributed by atoms with E-state index in [1.165, 1.54) is 11.3 Å². The highest BCUT2D eigenvalue weighted by atomic mass is 32.1. The second-order valence-electron chi connectivity index (χ2n) is 5.39. The van der Waals surface area contributed by atoms with E-state index in [0.29, 0.717) is 18.0 Å². The predicted octanol–water partition coefficient (Wildman–Crippen LogP) is 3.23. The van der Waals surface area contributed by atoms with Crippen LogP contribution in [0.4, 0.5) is 0 Å². The predicted molar refractivity (Wildman–Crippen MR) is 93.5 cm³/mol. The van der Waals surface area contributed by atoms with Gasteiger partial charge in [0.25, 0.3) is 5.91 Å². The van der Waals surface area contributed by atoms with Crippen LogP contribution in [0.1, 0.15) is 33.5 Å². The number of carbonyl (C=O) groups excluding carboxylic acids is 2. The Balaban J connectivity index is 1.91. The molecule has 0 aliphatic carbocycles. The van der Waals surface area contributed by atoms with Crippen molar-refractivity contribution >= 4 is 23.2 Å². The highest BCUT2D eigenvalue weighted by molar-refractivity contribution is 7.13. The van der Waals surface area contributed by atoms with Gasteiger partial charge in [-0.3, -0.25) is 9.59 Å². The largest absolute Gasteiger partial charge is 0.342 e. The maximum absolute atomic E-state index is 12.4. The van der Waals surface area contributed by atoms with Gasteiger partial charge in [-0.15, -0.1) is 11.3 Å². The van der Waals surface area contributed by atoms with Crippen LogP contribution in [-0.4, -0.2) is 29.8 Å². The minimum Gasteiger partial charge on any atom is -0.342 e. The molecular weight excluding hydrogens is 308 g/mol. The van der Waals surface area contributed by atoms with E-state index in [1.807, 2.05) is 50.2 Å². The fraction of sp³-hybridized carbons (Fsp3) is 0.333. The van der Waals surface area contributed by atoms with E-state index in [1.54, 1.807) is 11.0 Å². The van der Waals surface area contributed by atoms with Crippen LogP contribution >= 0.6 is 11.3 Å². The summed E-state index contributed by atoms with van der Waals surface area (Å²) < 4.78 is 0. The molecule has 2 aromatic rings. The van der Waals surface area contributed by atoms with E-state index in [9.17, 15) is 9.59 Å². The van der Waals surface area contributed by atoms with E-state index < -0.39 is 0 Å². The zero-order chi connectivity index (χ0) is 16.7. The van der Waals surface area contributed by atoms with Crippen LogP contribution in [-0.2, 0) is 11.3 Å². The van der Waals surface area contributed by atoms with Crippen molar-refractivity contribution in [2.75, 3.05) is 13.1 Å². The topological polar surface area (TPSA) is 49.4 Å². The van der Waals surface area contributed by atoms with Gasteiger partial charge in [-0.25, -0.2) is 0 Å². The lowest BCUT2D eigenvalue weighted by molar-refractivity contribution is -0.130. The fourth-order valence-electron chi connectivity index (χ4n) is 2.28. The second-order valence-corrected chi connectivity index (χ2v) is 6.68. The molecule has 0 aliphatic rings. The highest BCUT2D eigenvalue weighted by Gasteiger charge is 2.15. The number of hydrogen-bond donors (Lipinski definition) is 1. The molecule has 2 rings (SSSR count). The molecule has 1 aromatic carbocycles. The molecule has 5 heteroatoms. The number of nitrogens with one attached hydrogen (secondary N) is 1. The summed E-state index contributed by atoms with van der Waals surface area (Å²) in [5.74, 6) is -0.245. The van der Waals surface area contributed by atoms with Gasteiger partial charge < -0.3 is 10.2 Å².